The van der Waals surface area contributed by atoms with Gasteiger partial charge in [-0.3, -0.25) is 9.59 Å². The van der Waals surface area contributed by atoms with Crippen LogP contribution in [0.5, 0.6) is 0 Å². The third-order valence-corrected chi connectivity index (χ3v) is 4.59. The van der Waals surface area contributed by atoms with Crippen LogP contribution in [-0.2, 0) is 22.6 Å². The van der Waals surface area contributed by atoms with Gasteiger partial charge in [-0.05, 0) is 43.2 Å². The minimum Gasteiger partial charge on any atom is -0.348 e. The molecule has 1 aliphatic heterocycles. The molecule has 0 atom stereocenters. The fraction of sp³-hybridized carbons (Fsp3) is 0.316. The van der Waals surface area contributed by atoms with Gasteiger partial charge >= 0.3 is 0 Å². The van der Waals surface area contributed by atoms with E-state index in [0.29, 0.717) is 17.9 Å². The molecule has 2 amide bonds. The highest BCUT2D eigenvalue weighted by molar-refractivity contribution is 5.95. The van der Waals surface area contributed by atoms with E-state index < -0.39 is 0 Å². The van der Waals surface area contributed by atoms with Crippen molar-refractivity contribution >= 4 is 23.1 Å². The molecule has 1 fully saturated rings. The Kier molecular flexibility index (Phi) is 4.53. The number of fused-ring (bicyclic) bond motifs is 1. The van der Waals surface area contributed by atoms with E-state index >= 15 is 0 Å². The molecule has 1 saturated heterocycles. The third-order valence-electron chi connectivity index (χ3n) is 4.59. The Balaban J connectivity index is 1.36. The van der Waals surface area contributed by atoms with Crippen LogP contribution < -0.4 is 10.2 Å². The number of hydrogen-bond acceptors (Lipinski definition) is 5. The summed E-state index contributed by atoms with van der Waals surface area (Å²) in [5.74, 6) is 0.638. The average Bonchev–Trinajstić information content (AvgIpc) is 3.26. The van der Waals surface area contributed by atoms with Gasteiger partial charge in [0.1, 0.15) is 0 Å². The van der Waals surface area contributed by atoms with Crippen LogP contribution in [0.25, 0.3) is 5.65 Å². The van der Waals surface area contributed by atoms with Crippen molar-refractivity contribution in [3.63, 3.8) is 0 Å². The molecular formula is C19H20N6O2. The maximum absolute atomic E-state index is 12.3. The number of anilines is 1. The van der Waals surface area contributed by atoms with E-state index in [1.807, 2.05) is 43.3 Å². The Labute approximate surface area is 156 Å². The van der Waals surface area contributed by atoms with Crippen molar-refractivity contribution in [2.45, 2.75) is 32.7 Å². The van der Waals surface area contributed by atoms with Gasteiger partial charge in [0.2, 0.25) is 11.8 Å². The van der Waals surface area contributed by atoms with E-state index in [-0.39, 0.29) is 24.8 Å². The number of carbonyl (C=O) groups is 2. The standard InChI is InChI=1S/C19H20N6O2/c1-13-4-9-16-21-22-17(25(16)23-13)12-20-18(26)11-14-5-7-15(8-6-14)24-10-2-3-19(24)27/h4-9H,2-3,10-12H2,1H3,(H,20,26). The number of amides is 2. The maximum Gasteiger partial charge on any atom is 0.227 e. The lowest BCUT2D eigenvalue weighted by Crippen LogP contribution is -2.26. The molecule has 0 radical (unpaired) electrons. The van der Waals surface area contributed by atoms with E-state index in [1.54, 1.807) is 9.42 Å². The van der Waals surface area contributed by atoms with Crippen LogP contribution >= 0.6 is 0 Å². The lowest BCUT2D eigenvalue weighted by atomic mass is 10.1. The van der Waals surface area contributed by atoms with Crippen molar-refractivity contribution in [1.29, 1.82) is 0 Å². The summed E-state index contributed by atoms with van der Waals surface area (Å²) in [5, 5.41) is 15.3. The van der Waals surface area contributed by atoms with Crippen molar-refractivity contribution in [2.75, 3.05) is 11.4 Å². The summed E-state index contributed by atoms with van der Waals surface area (Å²) in [6.45, 7) is 2.91. The normalized spacial score (nSPS) is 14.1. The molecular weight excluding hydrogens is 344 g/mol. The van der Waals surface area contributed by atoms with Crippen molar-refractivity contribution in [3.8, 4) is 0 Å². The van der Waals surface area contributed by atoms with Gasteiger partial charge in [-0.1, -0.05) is 12.1 Å². The van der Waals surface area contributed by atoms with Gasteiger partial charge in [-0.2, -0.15) is 9.61 Å². The molecule has 3 aromatic rings. The van der Waals surface area contributed by atoms with Gasteiger partial charge in [0.25, 0.3) is 0 Å². The minimum absolute atomic E-state index is 0.107. The number of rotatable bonds is 5. The molecule has 0 saturated carbocycles. The Morgan fingerprint density at radius 3 is 2.70 bits per heavy atom. The summed E-state index contributed by atoms with van der Waals surface area (Å²) in [6, 6.07) is 11.3. The topological polar surface area (TPSA) is 92.5 Å². The molecule has 0 unspecified atom stereocenters. The molecule has 1 N–H and O–H groups in total. The Bertz CT molecular complexity index is 995. The second-order valence-corrected chi connectivity index (χ2v) is 6.63. The predicted molar refractivity (Wildman–Crippen MR) is 99.1 cm³/mol. The first kappa shape index (κ1) is 17.1. The summed E-state index contributed by atoms with van der Waals surface area (Å²) in [5.41, 5.74) is 3.28. The summed E-state index contributed by atoms with van der Waals surface area (Å²) in [6.07, 6.45) is 1.77. The lowest BCUT2D eigenvalue weighted by Gasteiger charge is -2.15. The molecule has 8 nitrogen and oxygen atoms in total. The first-order valence-corrected chi connectivity index (χ1v) is 8.94. The summed E-state index contributed by atoms with van der Waals surface area (Å²) in [4.78, 5) is 25.8. The van der Waals surface area contributed by atoms with Gasteiger partial charge in [-0.15, -0.1) is 10.2 Å². The predicted octanol–water partition coefficient (Wildman–Crippen LogP) is 1.42. The highest BCUT2D eigenvalue weighted by Gasteiger charge is 2.21. The maximum atomic E-state index is 12.3. The zero-order valence-corrected chi connectivity index (χ0v) is 15.1. The highest BCUT2D eigenvalue weighted by atomic mass is 16.2. The molecule has 1 aromatic carbocycles. The van der Waals surface area contributed by atoms with Crippen molar-refractivity contribution in [1.82, 2.24) is 25.1 Å². The van der Waals surface area contributed by atoms with Crippen molar-refractivity contribution < 1.29 is 9.59 Å². The zero-order chi connectivity index (χ0) is 18.8. The van der Waals surface area contributed by atoms with Gasteiger partial charge in [-0.25, -0.2) is 0 Å². The molecule has 1 aliphatic rings. The van der Waals surface area contributed by atoms with E-state index in [0.717, 1.165) is 29.9 Å². The number of nitrogens with one attached hydrogen (secondary N) is 1. The molecule has 0 spiro atoms. The van der Waals surface area contributed by atoms with Crippen molar-refractivity contribution in [3.05, 3.63) is 53.5 Å². The summed E-state index contributed by atoms with van der Waals surface area (Å²) < 4.78 is 1.64. The monoisotopic (exact) mass is 364 g/mol. The van der Waals surface area contributed by atoms with E-state index in [9.17, 15) is 9.59 Å². The quantitative estimate of drug-likeness (QED) is 0.739. The molecule has 0 bridgehead atoms. The largest absolute Gasteiger partial charge is 0.348 e. The fourth-order valence-electron chi connectivity index (χ4n) is 3.18. The Morgan fingerprint density at radius 1 is 1.15 bits per heavy atom. The Morgan fingerprint density at radius 2 is 1.96 bits per heavy atom. The minimum atomic E-state index is -0.107. The average molecular weight is 364 g/mol. The van der Waals surface area contributed by atoms with E-state index in [1.165, 1.54) is 0 Å². The smallest absolute Gasteiger partial charge is 0.227 e. The molecule has 3 heterocycles. The first-order valence-electron chi connectivity index (χ1n) is 8.94. The van der Waals surface area contributed by atoms with Crippen LogP contribution in [0.4, 0.5) is 5.69 Å². The number of carbonyl (C=O) groups excluding carboxylic acids is 2. The van der Waals surface area contributed by atoms with Gasteiger partial charge in [0.05, 0.1) is 18.7 Å². The molecule has 138 valence electrons. The number of benzene rings is 1. The van der Waals surface area contributed by atoms with Crippen LogP contribution in [0.3, 0.4) is 0 Å². The molecule has 0 aliphatic carbocycles. The van der Waals surface area contributed by atoms with Gasteiger partial charge in [0, 0.05) is 18.7 Å². The summed E-state index contributed by atoms with van der Waals surface area (Å²) >= 11 is 0. The first-order chi connectivity index (χ1) is 13.1. The van der Waals surface area contributed by atoms with Crippen LogP contribution in [0.1, 0.15) is 29.9 Å². The summed E-state index contributed by atoms with van der Waals surface area (Å²) in [7, 11) is 0. The SMILES string of the molecule is Cc1ccc2nnc(CNC(=O)Cc3ccc(N4CCCC4=O)cc3)n2n1. The van der Waals surface area contributed by atoms with Crippen molar-refractivity contribution in [2.24, 2.45) is 0 Å². The molecule has 4 rings (SSSR count). The fourth-order valence-corrected chi connectivity index (χ4v) is 3.18. The molecule has 2 aromatic heterocycles. The number of aromatic nitrogens is 4. The molecule has 8 heteroatoms. The van der Waals surface area contributed by atoms with Gasteiger partial charge < -0.3 is 10.2 Å². The van der Waals surface area contributed by atoms with E-state index in [4.69, 9.17) is 0 Å². The second kappa shape index (κ2) is 7.14. The second-order valence-electron chi connectivity index (χ2n) is 6.63. The van der Waals surface area contributed by atoms with Crippen LogP contribution in [0.15, 0.2) is 36.4 Å². The number of aryl methyl sites for hydroxylation is 1. The van der Waals surface area contributed by atoms with E-state index in [2.05, 4.69) is 20.6 Å². The highest BCUT2D eigenvalue weighted by Crippen LogP contribution is 2.21. The third kappa shape index (κ3) is 3.64. The lowest BCUT2D eigenvalue weighted by molar-refractivity contribution is -0.120. The molecule has 27 heavy (non-hydrogen) atoms. The number of hydrogen-bond donors (Lipinski definition) is 1. The van der Waals surface area contributed by atoms with Crippen LogP contribution in [0.2, 0.25) is 0 Å². The zero-order valence-electron chi connectivity index (χ0n) is 15.1. The Hall–Kier alpha value is -3.29. The number of nitrogens with zero attached hydrogens (tertiary/aromatic N) is 5. The van der Waals surface area contributed by atoms with Gasteiger partial charge in [0.15, 0.2) is 11.5 Å². The van der Waals surface area contributed by atoms with Crippen LogP contribution in [0, 0.1) is 6.92 Å². The van der Waals surface area contributed by atoms with Crippen LogP contribution in [-0.4, -0.2) is 38.2 Å².